The highest BCUT2D eigenvalue weighted by molar-refractivity contribution is 5.93. The first-order valence-electron chi connectivity index (χ1n) is 10.1. The normalized spacial score (nSPS) is 14.3. The van der Waals surface area contributed by atoms with Gasteiger partial charge in [0.05, 0.1) is 17.2 Å². The summed E-state index contributed by atoms with van der Waals surface area (Å²) in [5.74, 6) is -0.0693. The van der Waals surface area contributed by atoms with Gasteiger partial charge in [-0.2, -0.15) is 0 Å². The van der Waals surface area contributed by atoms with Crippen molar-refractivity contribution in [1.29, 1.82) is 0 Å². The number of nitrogens with one attached hydrogen (secondary N) is 1. The van der Waals surface area contributed by atoms with Crippen molar-refractivity contribution >= 4 is 33.3 Å². The molecule has 0 aliphatic carbocycles. The molecule has 2 aromatic carbocycles. The van der Waals surface area contributed by atoms with Gasteiger partial charge in [-0.3, -0.25) is 14.2 Å². The van der Waals surface area contributed by atoms with Gasteiger partial charge >= 0.3 is 0 Å². The molecule has 1 aliphatic rings. The zero-order valence-electron chi connectivity index (χ0n) is 16.8. The molecule has 4 aromatic rings. The first-order chi connectivity index (χ1) is 14.6. The summed E-state index contributed by atoms with van der Waals surface area (Å²) in [7, 11) is 0. The van der Waals surface area contributed by atoms with Gasteiger partial charge in [0.25, 0.3) is 5.56 Å². The van der Waals surface area contributed by atoms with Crippen LogP contribution in [-0.4, -0.2) is 38.4 Å². The number of para-hydroxylation sites is 2. The zero-order valence-corrected chi connectivity index (χ0v) is 16.8. The van der Waals surface area contributed by atoms with E-state index < -0.39 is 0 Å². The van der Waals surface area contributed by atoms with Crippen molar-refractivity contribution in [1.82, 2.24) is 19.4 Å². The van der Waals surface area contributed by atoms with Crippen LogP contribution in [0.3, 0.4) is 0 Å². The minimum Gasteiger partial charge on any atom is -0.361 e. The maximum Gasteiger partial charge on any atom is 0.261 e. The molecule has 0 bridgehead atoms. The molecule has 0 radical (unpaired) electrons. The third kappa shape index (κ3) is 3.10. The van der Waals surface area contributed by atoms with Crippen LogP contribution in [0.15, 0.2) is 65.9 Å². The quantitative estimate of drug-likeness (QED) is 0.574. The number of hydrogen-bond donors (Lipinski definition) is 1. The molecule has 0 fully saturated rings. The second-order valence-corrected chi connectivity index (χ2v) is 7.72. The monoisotopic (exact) mass is 398 g/mol. The Morgan fingerprint density at radius 2 is 1.97 bits per heavy atom. The average Bonchev–Trinajstić information content (AvgIpc) is 3.20. The van der Waals surface area contributed by atoms with Gasteiger partial charge in [-0.25, -0.2) is 4.98 Å². The second-order valence-electron chi connectivity index (χ2n) is 7.72. The fraction of sp³-hybridized carbons (Fsp3) is 0.208. The third-order valence-corrected chi connectivity index (χ3v) is 5.86. The van der Waals surface area contributed by atoms with E-state index in [4.69, 9.17) is 0 Å². The van der Waals surface area contributed by atoms with Crippen LogP contribution in [0.5, 0.6) is 0 Å². The number of aryl methyl sites for hydroxylation is 1. The van der Waals surface area contributed by atoms with Gasteiger partial charge in [0, 0.05) is 35.8 Å². The lowest BCUT2D eigenvalue weighted by molar-refractivity contribution is -0.131. The summed E-state index contributed by atoms with van der Waals surface area (Å²) in [5, 5.41) is 1.75. The number of aromatic nitrogens is 3. The topological polar surface area (TPSA) is 71.0 Å². The van der Waals surface area contributed by atoms with Crippen molar-refractivity contribution in [2.45, 2.75) is 19.9 Å². The molecule has 6 nitrogen and oxygen atoms in total. The van der Waals surface area contributed by atoms with Gasteiger partial charge < -0.3 is 9.88 Å². The molecule has 150 valence electrons. The van der Waals surface area contributed by atoms with Crippen molar-refractivity contribution in [2.75, 3.05) is 13.1 Å². The van der Waals surface area contributed by atoms with Gasteiger partial charge in [-0.05, 0) is 36.6 Å². The minimum atomic E-state index is -0.177. The molecular formula is C24H22N4O2. The smallest absolute Gasteiger partial charge is 0.261 e. The highest BCUT2D eigenvalue weighted by atomic mass is 16.2. The van der Waals surface area contributed by atoms with Gasteiger partial charge in [0.2, 0.25) is 5.91 Å². The molecule has 1 amide bonds. The van der Waals surface area contributed by atoms with Gasteiger partial charge in [0.1, 0.15) is 6.54 Å². The summed E-state index contributed by atoms with van der Waals surface area (Å²) < 4.78 is 1.41. The molecule has 5 rings (SSSR count). The lowest BCUT2D eigenvalue weighted by Gasteiger charge is -2.26. The Balaban J connectivity index is 1.34. The fourth-order valence-corrected chi connectivity index (χ4v) is 4.17. The maximum atomic E-state index is 12.8. The Morgan fingerprint density at radius 1 is 1.13 bits per heavy atom. The molecule has 0 spiro atoms. The maximum absolute atomic E-state index is 12.8. The zero-order chi connectivity index (χ0) is 20.7. The van der Waals surface area contributed by atoms with Gasteiger partial charge in [0.15, 0.2) is 0 Å². The van der Waals surface area contributed by atoms with Crippen LogP contribution in [0.25, 0.3) is 27.4 Å². The molecule has 1 aliphatic heterocycles. The van der Waals surface area contributed by atoms with Crippen molar-refractivity contribution in [3.63, 3.8) is 0 Å². The molecule has 0 saturated carbocycles. The number of nitrogens with zero attached hydrogens (tertiary/aromatic N) is 3. The first kappa shape index (κ1) is 18.4. The lowest BCUT2D eigenvalue weighted by atomic mass is 9.99. The Hall–Kier alpha value is -3.67. The van der Waals surface area contributed by atoms with Crippen LogP contribution in [0.1, 0.15) is 17.5 Å². The molecule has 0 unspecified atom stereocenters. The number of hydrogen-bond acceptors (Lipinski definition) is 3. The standard InChI is InChI=1S/C24H22N4O2/c1-16-5-4-7-19-23(16)26-15-28(24(19)30)14-22(29)27-11-9-17(10-12-27)20-13-25-21-8-3-2-6-18(20)21/h2-9,13,15,25H,10-12,14H2,1H3. The van der Waals surface area contributed by atoms with E-state index in [2.05, 4.69) is 28.2 Å². The van der Waals surface area contributed by atoms with Gasteiger partial charge in [-0.15, -0.1) is 0 Å². The predicted molar refractivity (Wildman–Crippen MR) is 118 cm³/mol. The fourth-order valence-electron chi connectivity index (χ4n) is 4.17. The van der Waals surface area contributed by atoms with E-state index >= 15 is 0 Å². The van der Waals surface area contributed by atoms with Crippen LogP contribution < -0.4 is 5.56 Å². The van der Waals surface area contributed by atoms with E-state index in [1.165, 1.54) is 27.4 Å². The largest absolute Gasteiger partial charge is 0.361 e. The Labute approximate surface area is 173 Å². The van der Waals surface area contributed by atoms with Crippen LogP contribution in [0.2, 0.25) is 0 Å². The minimum absolute atomic E-state index is 0.00593. The highest BCUT2D eigenvalue weighted by Crippen LogP contribution is 2.29. The van der Waals surface area contributed by atoms with E-state index in [9.17, 15) is 9.59 Å². The number of carbonyl (C=O) groups excluding carboxylic acids is 1. The van der Waals surface area contributed by atoms with Crippen LogP contribution in [0.4, 0.5) is 0 Å². The molecule has 1 N–H and O–H groups in total. The average molecular weight is 398 g/mol. The number of benzene rings is 2. The number of rotatable bonds is 3. The summed E-state index contributed by atoms with van der Waals surface area (Å²) in [5.41, 5.74) is 5.03. The molecule has 0 saturated heterocycles. The Morgan fingerprint density at radius 3 is 2.80 bits per heavy atom. The summed E-state index contributed by atoms with van der Waals surface area (Å²) in [6.45, 7) is 3.11. The number of amides is 1. The third-order valence-electron chi connectivity index (χ3n) is 5.86. The molecule has 30 heavy (non-hydrogen) atoms. The predicted octanol–water partition coefficient (Wildman–Crippen LogP) is 3.50. The Kier molecular flexibility index (Phi) is 4.47. The van der Waals surface area contributed by atoms with Crippen molar-refractivity contribution < 1.29 is 4.79 Å². The van der Waals surface area contributed by atoms with Crippen LogP contribution in [-0.2, 0) is 11.3 Å². The molecular weight excluding hydrogens is 376 g/mol. The highest BCUT2D eigenvalue weighted by Gasteiger charge is 2.20. The number of aromatic amines is 1. The van der Waals surface area contributed by atoms with E-state index in [1.807, 2.05) is 37.4 Å². The SMILES string of the molecule is Cc1cccc2c(=O)n(CC(=O)N3CC=C(c4c[nH]c5ccccc45)CC3)cnc12. The van der Waals surface area contributed by atoms with Crippen LogP contribution in [0, 0.1) is 6.92 Å². The second kappa shape index (κ2) is 7.30. The van der Waals surface area contributed by atoms with E-state index in [1.54, 1.807) is 11.0 Å². The number of H-pyrrole nitrogens is 1. The first-order valence-corrected chi connectivity index (χ1v) is 10.1. The summed E-state index contributed by atoms with van der Waals surface area (Å²) in [6.07, 6.45) is 6.42. The Bertz CT molecular complexity index is 1360. The molecule has 2 aromatic heterocycles. The van der Waals surface area contributed by atoms with E-state index in [0.29, 0.717) is 24.0 Å². The summed E-state index contributed by atoms with van der Waals surface area (Å²) in [6, 6.07) is 13.8. The summed E-state index contributed by atoms with van der Waals surface area (Å²) in [4.78, 5) is 35.1. The molecule has 6 heteroatoms. The summed E-state index contributed by atoms with van der Waals surface area (Å²) >= 11 is 0. The van der Waals surface area contributed by atoms with Crippen molar-refractivity contribution in [3.8, 4) is 0 Å². The van der Waals surface area contributed by atoms with Crippen LogP contribution >= 0.6 is 0 Å². The van der Waals surface area contributed by atoms with Crippen molar-refractivity contribution in [2.24, 2.45) is 0 Å². The molecule has 0 atom stereocenters. The van der Waals surface area contributed by atoms with E-state index in [0.717, 1.165) is 17.5 Å². The molecule has 3 heterocycles. The number of carbonyl (C=O) groups is 1. The lowest BCUT2D eigenvalue weighted by Crippen LogP contribution is -2.39. The van der Waals surface area contributed by atoms with Crippen molar-refractivity contribution in [3.05, 3.63) is 82.5 Å². The number of fused-ring (bicyclic) bond motifs is 2. The van der Waals surface area contributed by atoms with E-state index in [-0.39, 0.29) is 18.0 Å². The van der Waals surface area contributed by atoms with Gasteiger partial charge in [-0.1, -0.05) is 36.4 Å².